The van der Waals surface area contributed by atoms with Gasteiger partial charge < -0.3 is 25.0 Å². The summed E-state index contributed by atoms with van der Waals surface area (Å²) in [4.78, 5) is 25.1. The summed E-state index contributed by atoms with van der Waals surface area (Å²) in [5.74, 6) is -0.896. The summed E-state index contributed by atoms with van der Waals surface area (Å²) in [5, 5.41) is 11.9. The fraction of sp³-hybridized carbons (Fsp3) is 0.429. The second-order valence-electron chi connectivity index (χ2n) is 10.5. The van der Waals surface area contributed by atoms with Gasteiger partial charge in [0, 0.05) is 79.6 Å². The summed E-state index contributed by atoms with van der Waals surface area (Å²) >= 11 is 0. The predicted molar refractivity (Wildman–Crippen MR) is 147 cm³/mol. The molecule has 2 fully saturated rings. The number of nitrogens with zero attached hydrogens (tertiary/aromatic N) is 5. The van der Waals surface area contributed by atoms with Gasteiger partial charge in [-0.2, -0.15) is 10.1 Å². The number of carbonyl (C=O) groups is 1. The molecule has 1 amide bonds. The normalized spacial score (nSPS) is 20.5. The van der Waals surface area contributed by atoms with E-state index in [0.29, 0.717) is 47.5 Å². The number of benzene rings is 2. The molecule has 10 nitrogen and oxygen atoms in total. The molecule has 39 heavy (non-hydrogen) atoms. The number of aromatic nitrogens is 4. The summed E-state index contributed by atoms with van der Waals surface area (Å²) in [6, 6.07) is 7.54. The summed E-state index contributed by atoms with van der Waals surface area (Å²) in [7, 11) is 1.73. The molecule has 2 aromatic carbocycles. The maximum Gasteiger partial charge on any atom is 0.317 e. The van der Waals surface area contributed by atoms with E-state index in [1.165, 1.54) is 6.07 Å². The lowest BCUT2D eigenvalue weighted by atomic mass is 10.0. The lowest BCUT2D eigenvalue weighted by molar-refractivity contribution is 0.0218. The Balaban J connectivity index is 1.38. The number of nitrogens with one attached hydrogen (secondary N) is 2. The van der Waals surface area contributed by atoms with Gasteiger partial charge in [0.2, 0.25) is 0 Å². The highest BCUT2D eigenvalue weighted by atomic mass is 19.1. The molecular weight excluding hydrogens is 501 g/mol. The van der Waals surface area contributed by atoms with Crippen LogP contribution in [-0.4, -0.2) is 70.1 Å². The molecule has 204 valence electrons. The fourth-order valence-electron chi connectivity index (χ4n) is 5.55. The monoisotopic (exact) mass is 533 g/mol. The zero-order chi connectivity index (χ0) is 27.1. The number of piperazine rings is 1. The fourth-order valence-corrected chi connectivity index (χ4v) is 5.55. The van der Waals surface area contributed by atoms with Gasteiger partial charge in [-0.1, -0.05) is 0 Å². The third-order valence-electron chi connectivity index (χ3n) is 7.22. The number of anilines is 2. The highest BCUT2D eigenvalue weighted by Gasteiger charge is 2.25. The Kier molecular flexibility index (Phi) is 6.78. The van der Waals surface area contributed by atoms with E-state index in [0.717, 1.165) is 37.0 Å². The number of hydrogen-bond donors (Lipinski definition) is 2. The Bertz CT molecular complexity index is 1520. The van der Waals surface area contributed by atoms with Crippen molar-refractivity contribution >= 4 is 39.1 Å². The van der Waals surface area contributed by atoms with Gasteiger partial charge in [0.05, 0.1) is 24.3 Å². The standard InChI is InChI=1S/C28H32FN7O3/c1-16-13-36(14-17(2)31-16)24-5-4-21(26-22(24)12-30-28(33-26)39-20-6-8-38-9-7-20)27(37)32-19-10-18-15-35(3)34-25(18)23(29)11-19/h4-5,10-12,15-17,20,31H,6-9,13-14H2,1-3H3,(H,32,37)/t16-,17-/m1/s1. The summed E-state index contributed by atoms with van der Waals surface area (Å²) in [6.07, 6.45) is 4.92. The van der Waals surface area contributed by atoms with Crippen molar-refractivity contribution in [3.8, 4) is 6.01 Å². The van der Waals surface area contributed by atoms with Crippen molar-refractivity contribution in [1.29, 1.82) is 0 Å². The molecule has 2 N–H and O–H groups in total. The maximum absolute atomic E-state index is 14.7. The Labute approximate surface area is 225 Å². The zero-order valence-corrected chi connectivity index (χ0v) is 22.3. The Morgan fingerprint density at radius 2 is 1.92 bits per heavy atom. The molecule has 4 heterocycles. The molecule has 0 aliphatic carbocycles. The van der Waals surface area contributed by atoms with Crippen molar-refractivity contribution in [2.24, 2.45) is 7.05 Å². The van der Waals surface area contributed by atoms with E-state index >= 15 is 0 Å². The second-order valence-corrected chi connectivity index (χ2v) is 10.5. The van der Waals surface area contributed by atoms with Crippen LogP contribution >= 0.6 is 0 Å². The summed E-state index contributed by atoms with van der Waals surface area (Å²) in [6.45, 7) is 7.20. The van der Waals surface area contributed by atoms with Gasteiger partial charge in [-0.25, -0.2) is 9.37 Å². The number of rotatable bonds is 5. The first-order valence-electron chi connectivity index (χ1n) is 13.3. The molecule has 2 aliphatic rings. The SMILES string of the molecule is C[C@@H]1CN(c2ccc(C(=O)Nc3cc(F)c4nn(C)cc4c3)c3nc(OC4CCOCC4)ncc23)C[C@@H](C)N1. The number of ether oxygens (including phenoxy) is 2. The number of carbonyl (C=O) groups excluding carboxylic acids is 1. The zero-order valence-electron chi connectivity index (χ0n) is 22.3. The van der Waals surface area contributed by atoms with Gasteiger partial charge in [-0.15, -0.1) is 0 Å². The van der Waals surface area contributed by atoms with E-state index < -0.39 is 11.7 Å². The third kappa shape index (κ3) is 5.24. The van der Waals surface area contributed by atoms with E-state index in [2.05, 4.69) is 39.5 Å². The van der Waals surface area contributed by atoms with Crippen LogP contribution in [0.3, 0.4) is 0 Å². The van der Waals surface area contributed by atoms with Crippen LogP contribution in [-0.2, 0) is 11.8 Å². The number of hydrogen-bond acceptors (Lipinski definition) is 8. The lowest BCUT2D eigenvalue weighted by Gasteiger charge is -2.38. The van der Waals surface area contributed by atoms with Crippen LogP contribution in [0.15, 0.2) is 36.7 Å². The first-order chi connectivity index (χ1) is 18.8. The van der Waals surface area contributed by atoms with Crippen molar-refractivity contribution in [2.45, 2.75) is 44.9 Å². The number of fused-ring (bicyclic) bond motifs is 2. The van der Waals surface area contributed by atoms with Crippen LogP contribution in [0.2, 0.25) is 0 Å². The van der Waals surface area contributed by atoms with Gasteiger partial charge in [-0.05, 0) is 38.1 Å². The van der Waals surface area contributed by atoms with Gasteiger partial charge in [0.25, 0.3) is 5.91 Å². The van der Waals surface area contributed by atoms with Crippen LogP contribution in [0.1, 0.15) is 37.0 Å². The van der Waals surface area contributed by atoms with Crippen molar-refractivity contribution < 1.29 is 18.7 Å². The Hall–Kier alpha value is -3.83. The summed E-state index contributed by atoms with van der Waals surface area (Å²) < 4.78 is 27.7. The third-order valence-corrected chi connectivity index (χ3v) is 7.22. The number of amides is 1. The molecule has 0 unspecified atom stereocenters. The van der Waals surface area contributed by atoms with Crippen molar-refractivity contribution in [3.05, 3.63) is 48.0 Å². The van der Waals surface area contributed by atoms with E-state index in [1.807, 2.05) is 6.07 Å². The topological polar surface area (TPSA) is 106 Å². The molecule has 2 saturated heterocycles. The smallest absolute Gasteiger partial charge is 0.317 e. The second kappa shape index (κ2) is 10.4. The largest absolute Gasteiger partial charge is 0.460 e. The number of halogens is 1. The minimum Gasteiger partial charge on any atom is -0.460 e. The van der Waals surface area contributed by atoms with Gasteiger partial charge in [0.1, 0.15) is 11.6 Å². The summed E-state index contributed by atoms with van der Waals surface area (Å²) in [5.41, 5.74) is 2.40. The van der Waals surface area contributed by atoms with Gasteiger partial charge >= 0.3 is 6.01 Å². The minimum atomic E-state index is -0.500. The molecule has 2 aromatic heterocycles. The molecule has 11 heteroatoms. The molecular formula is C28H32FN7O3. The highest BCUT2D eigenvalue weighted by molar-refractivity contribution is 6.14. The van der Waals surface area contributed by atoms with Crippen LogP contribution < -0.4 is 20.3 Å². The molecule has 0 spiro atoms. The van der Waals surface area contributed by atoms with E-state index in [1.54, 1.807) is 36.3 Å². The van der Waals surface area contributed by atoms with Gasteiger partial charge in [0.15, 0.2) is 5.82 Å². The first kappa shape index (κ1) is 25.4. The van der Waals surface area contributed by atoms with Crippen LogP contribution in [0.25, 0.3) is 21.8 Å². The van der Waals surface area contributed by atoms with E-state index in [-0.39, 0.29) is 17.6 Å². The molecule has 4 aromatic rings. The average Bonchev–Trinajstić information content (AvgIpc) is 3.28. The van der Waals surface area contributed by atoms with Crippen LogP contribution in [0.4, 0.5) is 15.8 Å². The van der Waals surface area contributed by atoms with Crippen molar-refractivity contribution in [2.75, 3.05) is 36.5 Å². The average molecular weight is 534 g/mol. The molecule has 0 bridgehead atoms. The quantitative estimate of drug-likeness (QED) is 0.401. The maximum atomic E-state index is 14.7. The number of aryl methyl sites for hydroxylation is 1. The molecule has 0 saturated carbocycles. The molecule has 0 radical (unpaired) electrons. The molecule has 2 atom stereocenters. The molecule has 2 aliphatic heterocycles. The predicted octanol–water partition coefficient (Wildman–Crippen LogP) is 3.65. The van der Waals surface area contributed by atoms with Gasteiger partial charge in [-0.3, -0.25) is 9.48 Å². The van der Waals surface area contributed by atoms with Crippen molar-refractivity contribution in [3.63, 3.8) is 0 Å². The van der Waals surface area contributed by atoms with Crippen LogP contribution in [0.5, 0.6) is 6.01 Å². The highest BCUT2D eigenvalue weighted by Crippen LogP contribution is 2.32. The molecule has 6 rings (SSSR count). The van der Waals surface area contributed by atoms with Crippen LogP contribution in [0, 0.1) is 5.82 Å². The van der Waals surface area contributed by atoms with Crippen molar-refractivity contribution in [1.82, 2.24) is 25.1 Å². The Morgan fingerprint density at radius 1 is 1.15 bits per heavy atom. The minimum absolute atomic E-state index is 0.0410. The first-order valence-corrected chi connectivity index (χ1v) is 13.3. The van der Waals surface area contributed by atoms with E-state index in [9.17, 15) is 9.18 Å². The van der Waals surface area contributed by atoms with E-state index in [4.69, 9.17) is 14.5 Å². The lowest BCUT2D eigenvalue weighted by Crippen LogP contribution is -2.54. The Morgan fingerprint density at radius 3 is 2.69 bits per heavy atom.